The maximum absolute atomic E-state index is 13.8. The van der Waals surface area contributed by atoms with Crippen LogP contribution in [0.3, 0.4) is 0 Å². The summed E-state index contributed by atoms with van der Waals surface area (Å²) in [6, 6.07) is 21.8. The Balaban J connectivity index is 1.41. The molecule has 1 fully saturated rings. The van der Waals surface area contributed by atoms with Crippen LogP contribution in [0.25, 0.3) is 0 Å². The first kappa shape index (κ1) is 29.5. The number of amides is 4. The summed E-state index contributed by atoms with van der Waals surface area (Å²) in [6.07, 6.45) is 0.885. The number of nitro benzene ring substituents is 1. The number of hydrogen-bond donors (Lipinski definition) is 1. The van der Waals surface area contributed by atoms with E-state index >= 15 is 0 Å². The lowest BCUT2D eigenvalue weighted by molar-refractivity contribution is -0.384. The smallest absolute Gasteiger partial charge is 0.338 e. The van der Waals surface area contributed by atoms with Gasteiger partial charge in [0.15, 0.2) is 0 Å². The van der Waals surface area contributed by atoms with Crippen molar-refractivity contribution < 1.29 is 24.0 Å². The van der Waals surface area contributed by atoms with E-state index in [0.29, 0.717) is 18.5 Å². The van der Waals surface area contributed by atoms with Crippen molar-refractivity contribution in [2.45, 2.75) is 38.5 Å². The number of piperidine rings is 1. The number of non-ortho nitro benzene ring substituents is 1. The Labute approximate surface area is 249 Å². The lowest BCUT2D eigenvalue weighted by Gasteiger charge is -2.38. The zero-order chi connectivity index (χ0) is 30.5. The fourth-order valence-electron chi connectivity index (χ4n) is 5.49. The Kier molecular flexibility index (Phi) is 8.82. The molecule has 2 heterocycles. The molecule has 2 aliphatic rings. The number of hydrogen-bond acceptors (Lipinski definition) is 7. The van der Waals surface area contributed by atoms with Crippen LogP contribution in [-0.2, 0) is 16.1 Å². The van der Waals surface area contributed by atoms with E-state index in [1.54, 1.807) is 43.3 Å². The molecule has 0 bridgehead atoms. The van der Waals surface area contributed by atoms with Crippen LogP contribution in [0.1, 0.15) is 36.9 Å². The van der Waals surface area contributed by atoms with Crippen molar-refractivity contribution in [2.24, 2.45) is 0 Å². The highest BCUT2D eigenvalue weighted by molar-refractivity contribution is 6.06. The fourth-order valence-corrected chi connectivity index (χ4v) is 5.49. The van der Waals surface area contributed by atoms with E-state index in [1.807, 2.05) is 18.2 Å². The summed E-state index contributed by atoms with van der Waals surface area (Å²) < 4.78 is 5.98. The summed E-state index contributed by atoms with van der Waals surface area (Å²) >= 11 is 0. The highest BCUT2D eigenvalue weighted by Gasteiger charge is 2.44. The number of ether oxygens (including phenoxy) is 1. The van der Waals surface area contributed by atoms with Gasteiger partial charge in [0.2, 0.25) is 0 Å². The number of nitrogens with zero attached hydrogens (tertiary/aromatic N) is 4. The highest BCUT2D eigenvalue weighted by Crippen LogP contribution is 2.37. The van der Waals surface area contributed by atoms with Crippen molar-refractivity contribution in [2.75, 3.05) is 25.0 Å². The van der Waals surface area contributed by atoms with Crippen LogP contribution in [0, 0.1) is 10.1 Å². The van der Waals surface area contributed by atoms with Crippen LogP contribution >= 0.6 is 0 Å². The number of carbonyl (C=O) groups is 3. The number of carbonyl (C=O) groups excluding carboxylic acids is 3. The molecule has 1 saturated heterocycles. The molecule has 5 rings (SSSR count). The normalized spacial score (nSPS) is 17.8. The number of para-hydroxylation sites is 1. The third kappa shape index (κ3) is 6.57. The second-order valence-corrected chi connectivity index (χ2v) is 10.6. The van der Waals surface area contributed by atoms with Crippen LogP contribution in [0.5, 0.6) is 0 Å². The molecule has 3 aromatic carbocycles. The molecule has 0 aromatic heterocycles. The van der Waals surface area contributed by atoms with Gasteiger partial charge in [0.25, 0.3) is 5.69 Å². The molecule has 0 saturated carbocycles. The molecule has 1 unspecified atom stereocenters. The average molecular weight is 584 g/mol. The average Bonchev–Trinajstić information content (AvgIpc) is 3.02. The van der Waals surface area contributed by atoms with Gasteiger partial charge in [0.05, 0.1) is 10.5 Å². The topological polar surface area (TPSA) is 125 Å². The molecule has 0 aliphatic carbocycles. The Morgan fingerprint density at radius 3 is 2.30 bits per heavy atom. The van der Waals surface area contributed by atoms with E-state index in [9.17, 15) is 24.5 Å². The summed E-state index contributed by atoms with van der Waals surface area (Å²) in [6.45, 7) is 3.84. The van der Waals surface area contributed by atoms with Gasteiger partial charge in [-0.15, -0.1) is 0 Å². The SMILES string of the molecule is CC1=C(C(=O)OC2CCN(Cc3ccccc3)CC2)C(c2cccc([N+](=O)[O-])c2)N(C(=O)N(C)c2ccccc2)C(=O)N1. The number of allylic oxidation sites excluding steroid dienone is 1. The molecule has 0 radical (unpaired) electrons. The van der Waals surface area contributed by atoms with E-state index < -0.39 is 29.0 Å². The predicted molar refractivity (Wildman–Crippen MR) is 160 cm³/mol. The van der Waals surface area contributed by atoms with Gasteiger partial charge < -0.3 is 10.1 Å². The number of urea groups is 2. The molecule has 0 spiro atoms. The standard InChI is InChI=1S/C32H33N5O6/c1-22-28(30(38)43-27-16-18-35(19-17-27)21-23-10-5-3-6-11-23)29(24-12-9-15-26(20-24)37(41)42)36(31(39)33-22)32(40)34(2)25-13-7-4-8-14-25/h3-15,20,27,29H,16-19,21H2,1-2H3,(H,33,39). The van der Waals surface area contributed by atoms with Gasteiger partial charge in [-0.25, -0.2) is 19.3 Å². The number of anilines is 1. The maximum Gasteiger partial charge on any atom is 0.338 e. The van der Waals surface area contributed by atoms with Crippen LogP contribution in [0.15, 0.2) is 96.2 Å². The van der Waals surface area contributed by atoms with E-state index in [2.05, 4.69) is 22.3 Å². The Morgan fingerprint density at radius 2 is 1.65 bits per heavy atom. The first-order valence-electron chi connectivity index (χ1n) is 14.1. The largest absolute Gasteiger partial charge is 0.459 e. The first-order valence-corrected chi connectivity index (χ1v) is 14.1. The Morgan fingerprint density at radius 1 is 1.00 bits per heavy atom. The lowest BCUT2D eigenvalue weighted by atomic mass is 9.93. The number of imide groups is 1. The zero-order valence-electron chi connectivity index (χ0n) is 24.0. The van der Waals surface area contributed by atoms with Gasteiger partial charge >= 0.3 is 18.0 Å². The van der Waals surface area contributed by atoms with Crippen molar-refractivity contribution in [1.82, 2.24) is 15.1 Å². The van der Waals surface area contributed by atoms with Gasteiger partial charge in [0, 0.05) is 50.2 Å². The molecule has 2 aliphatic heterocycles. The zero-order valence-corrected chi connectivity index (χ0v) is 24.0. The molecular weight excluding hydrogens is 550 g/mol. The van der Waals surface area contributed by atoms with Gasteiger partial charge in [0.1, 0.15) is 12.1 Å². The summed E-state index contributed by atoms with van der Waals surface area (Å²) in [5.41, 5.74) is 2.00. The van der Waals surface area contributed by atoms with E-state index in [-0.39, 0.29) is 28.6 Å². The van der Waals surface area contributed by atoms with Crippen LogP contribution in [-0.4, -0.2) is 59.0 Å². The Bertz CT molecular complexity index is 1540. The number of nitro groups is 1. The first-order chi connectivity index (χ1) is 20.7. The van der Waals surface area contributed by atoms with Gasteiger partial charge in [-0.1, -0.05) is 60.7 Å². The minimum Gasteiger partial charge on any atom is -0.459 e. The second-order valence-electron chi connectivity index (χ2n) is 10.6. The quantitative estimate of drug-likeness (QED) is 0.224. The number of nitrogens with one attached hydrogen (secondary N) is 1. The highest BCUT2D eigenvalue weighted by atomic mass is 16.6. The molecule has 11 nitrogen and oxygen atoms in total. The predicted octanol–water partition coefficient (Wildman–Crippen LogP) is 5.40. The minimum atomic E-state index is -1.25. The molecule has 222 valence electrons. The maximum atomic E-state index is 13.8. The van der Waals surface area contributed by atoms with E-state index in [4.69, 9.17) is 4.74 Å². The van der Waals surface area contributed by atoms with Crippen LogP contribution in [0.2, 0.25) is 0 Å². The van der Waals surface area contributed by atoms with E-state index in [1.165, 1.54) is 35.7 Å². The molecule has 1 atom stereocenters. The second kappa shape index (κ2) is 12.9. The third-order valence-corrected chi connectivity index (χ3v) is 7.76. The van der Waals surface area contributed by atoms with Crippen molar-refractivity contribution in [3.63, 3.8) is 0 Å². The molecular formula is C32H33N5O6. The monoisotopic (exact) mass is 583 g/mol. The lowest BCUT2D eigenvalue weighted by Crippen LogP contribution is -2.55. The number of esters is 1. The third-order valence-electron chi connectivity index (χ3n) is 7.76. The summed E-state index contributed by atoms with van der Waals surface area (Å²) in [5.74, 6) is -0.685. The molecule has 11 heteroatoms. The summed E-state index contributed by atoms with van der Waals surface area (Å²) in [7, 11) is 1.52. The van der Waals surface area contributed by atoms with Crippen LogP contribution < -0.4 is 10.2 Å². The Hall–Kier alpha value is -5.03. The summed E-state index contributed by atoms with van der Waals surface area (Å²) in [5, 5.41) is 14.3. The van der Waals surface area contributed by atoms with Gasteiger partial charge in [-0.2, -0.15) is 0 Å². The van der Waals surface area contributed by atoms with Crippen molar-refractivity contribution >= 4 is 29.4 Å². The van der Waals surface area contributed by atoms with Gasteiger partial charge in [-0.05, 0) is 43.0 Å². The molecule has 3 aromatic rings. The van der Waals surface area contributed by atoms with Gasteiger partial charge in [-0.3, -0.25) is 19.9 Å². The summed E-state index contributed by atoms with van der Waals surface area (Å²) in [4.78, 5) is 56.6. The number of likely N-dealkylation sites (tertiary alicyclic amines) is 1. The fraction of sp³-hybridized carbons (Fsp3) is 0.281. The van der Waals surface area contributed by atoms with Crippen molar-refractivity contribution in [3.05, 3.63) is 117 Å². The van der Waals surface area contributed by atoms with Crippen molar-refractivity contribution in [1.29, 1.82) is 0 Å². The number of rotatable bonds is 7. The minimum absolute atomic E-state index is 0.0432. The van der Waals surface area contributed by atoms with E-state index in [0.717, 1.165) is 24.5 Å². The molecule has 43 heavy (non-hydrogen) atoms. The van der Waals surface area contributed by atoms with Crippen molar-refractivity contribution in [3.8, 4) is 0 Å². The number of benzene rings is 3. The molecule has 4 amide bonds. The molecule has 1 N–H and O–H groups in total. The van der Waals surface area contributed by atoms with Crippen LogP contribution in [0.4, 0.5) is 21.0 Å².